The van der Waals surface area contributed by atoms with E-state index in [-0.39, 0.29) is 0 Å². The maximum atomic E-state index is 11.2. The quantitative estimate of drug-likeness (QED) is 0.760. The Kier molecular flexibility index (Phi) is 4.88. The summed E-state index contributed by atoms with van der Waals surface area (Å²) in [7, 11) is 1.99. The smallest absolute Gasteiger partial charge is 0.186 e. The summed E-state index contributed by atoms with van der Waals surface area (Å²) in [5.74, 6) is 0.315. The Bertz CT molecular complexity index is 591. The number of nitrogens with zero attached hydrogens (tertiary/aromatic N) is 3. The molecular weight excluding hydrogens is 290 g/mol. The predicted octanol–water partition coefficient (Wildman–Crippen LogP) is 3.87. The van der Waals surface area contributed by atoms with E-state index in [0.717, 1.165) is 45.7 Å². The van der Waals surface area contributed by atoms with Crippen molar-refractivity contribution in [2.24, 2.45) is 0 Å². The van der Waals surface area contributed by atoms with Gasteiger partial charge in [-0.2, -0.15) is 0 Å². The third kappa shape index (κ3) is 3.24. The average Bonchev–Trinajstić information content (AvgIpc) is 3.04. The van der Waals surface area contributed by atoms with Gasteiger partial charge in [0.1, 0.15) is 0 Å². The summed E-state index contributed by atoms with van der Waals surface area (Å²) in [5, 5.41) is 4.02. The molecule has 0 bridgehead atoms. The molecule has 0 aliphatic rings. The third-order valence-electron chi connectivity index (χ3n) is 3.25. The molecule has 1 unspecified atom stereocenters. The number of carbonyl (C=O) groups is 1. The fraction of sp³-hybridized carbons (Fsp3) is 0.500. The van der Waals surface area contributed by atoms with E-state index in [9.17, 15) is 4.79 Å². The largest absolute Gasteiger partial charge is 0.345 e. The van der Waals surface area contributed by atoms with Gasteiger partial charge in [-0.3, -0.25) is 4.79 Å². The Morgan fingerprint density at radius 3 is 2.75 bits per heavy atom. The zero-order chi connectivity index (χ0) is 14.7. The first-order valence-corrected chi connectivity index (χ1v) is 8.32. The van der Waals surface area contributed by atoms with Crippen LogP contribution in [0.3, 0.4) is 0 Å². The topological polar surface area (TPSA) is 46.1 Å². The van der Waals surface area contributed by atoms with Crippen molar-refractivity contribution in [3.63, 3.8) is 0 Å². The highest BCUT2D eigenvalue weighted by atomic mass is 32.1. The number of rotatable bonds is 6. The van der Waals surface area contributed by atoms with Crippen LogP contribution in [0, 0.1) is 6.92 Å². The van der Waals surface area contributed by atoms with Crippen LogP contribution >= 0.6 is 22.7 Å². The second kappa shape index (κ2) is 6.45. The number of hydrogen-bond acceptors (Lipinski definition) is 6. The van der Waals surface area contributed by atoms with Crippen LogP contribution in [-0.4, -0.2) is 23.3 Å². The Balaban J connectivity index is 2.19. The summed E-state index contributed by atoms with van der Waals surface area (Å²) in [6.45, 7) is 6.94. The lowest BCUT2D eigenvalue weighted by molar-refractivity contribution is 0.112. The van der Waals surface area contributed by atoms with Crippen molar-refractivity contribution in [2.45, 2.75) is 39.7 Å². The van der Waals surface area contributed by atoms with Crippen molar-refractivity contribution in [1.29, 1.82) is 0 Å². The van der Waals surface area contributed by atoms with Gasteiger partial charge in [-0.1, -0.05) is 25.2 Å². The van der Waals surface area contributed by atoms with E-state index < -0.39 is 0 Å². The molecule has 2 heterocycles. The molecule has 0 spiro atoms. The van der Waals surface area contributed by atoms with Gasteiger partial charge in [0.25, 0.3) is 0 Å². The van der Waals surface area contributed by atoms with Crippen molar-refractivity contribution in [3.05, 3.63) is 26.7 Å². The lowest BCUT2D eigenvalue weighted by Crippen LogP contribution is -2.16. The molecule has 2 rings (SSSR count). The predicted molar refractivity (Wildman–Crippen MR) is 85.2 cm³/mol. The highest BCUT2D eigenvalue weighted by Crippen LogP contribution is 2.31. The van der Waals surface area contributed by atoms with Crippen LogP contribution in [0.5, 0.6) is 0 Å². The molecule has 0 fully saturated rings. The van der Waals surface area contributed by atoms with Gasteiger partial charge in [-0.15, -0.1) is 11.3 Å². The van der Waals surface area contributed by atoms with E-state index in [1.165, 1.54) is 11.3 Å². The van der Waals surface area contributed by atoms with Gasteiger partial charge < -0.3 is 4.90 Å². The number of anilines is 1. The Labute approximate surface area is 127 Å². The van der Waals surface area contributed by atoms with Crippen LogP contribution in [0.25, 0.3) is 0 Å². The van der Waals surface area contributed by atoms with Gasteiger partial charge in [-0.25, -0.2) is 9.97 Å². The zero-order valence-electron chi connectivity index (χ0n) is 12.2. The first kappa shape index (κ1) is 15.1. The highest BCUT2D eigenvalue weighted by molar-refractivity contribution is 7.17. The fourth-order valence-corrected chi connectivity index (χ4v) is 3.48. The van der Waals surface area contributed by atoms with Crippen molar-refractivity contribution >= 4 is 34.1 Å². The van der Waals surface area contributed by atoms with Gasteiger partial charge in [0, 0.05) is 12.4 Å². The Morgan fingerprint density at radius 1 is 1.45 bits per heavy atom. The van der Waals surface area contributed by atoms with Gasteiger partial charge in [-0.05, 0) is 19.3 Å². The summed E-state index contributed by atoms with van der Waals surface area (Å²) >= 11 is 3.11. The number of aromatic nitrogens is 2. The van der Waals surface area contributed by atoms with Gasteiger partial charge in [0.15, 0.2) is 11.4 Å². The van der Waals surface area contributed by atoms with Gasteiger partial charge in [0.05, 0.1) is 27.8 Å². The maximum Gasteiger partial charge on any atom is 0.186 e. The molecule has 0 saturated carbocycles. The monoisotopic (exact) mass is 309 g/mol. The Morgan fingerprint density at radius 2 is 2.20 bits per heavy atom. The van der Waals surface area contributed by atoms with Crippen LogP contribution < -0.4 is 4.90 Å². The molecular formula is C14H19N3OS2. The number of aryl methyl sites for hydroxylation is 1. The minimum Gasteiger partial charge on any atom is -0.345 e. The second-order valence-electron chi connectivity index (χ2n) is 4.89. The summed E-state index contributed by atoms with van der Waals surface area (Å²) in [6, 6.07) is 0. The molecule has 0 amide bonds. The first-order chi connectivity index (χ1) is 9.55. The number of hydrogen-bond donors (Lipinski definition) is 0. The average molecular weight is 309 g/mol. The minimum absolute atomic E-state index is 0.315. The maximum absolute atomic E-state index is 11.2. The summed E-state index contributed by atoms with van der Waals surface area (Å²) < 4.78 is 0. The molecule has 0 aliphatic heterocycles. The van der Waals surface area contributed by atoms with Gasteiger partial charge in [0.2, 0.25) is 0 Å². The normalized spacial score (nSPS) is 12.4. The molecule has 108 valence electrons. The molecule has 4 nitrogen and oxygen atoms in total. The lowest BCUT2D eigenvalue weighted by atomic mass is 10.0. The zero-order valence-corrected chi connectivity index (χ0v) is 13.8. The molecule has 6 heteroatoms. The number of thiazole rings is 2. The first-order valence-electron chi connectivity index (χ1n) is 6.63. The Hall–Kier alpha value is -1.27. The van der Waals surface area contributed by atoms with Crippen molar-refractivity contribution in [2.75, 3.05) is 11.9 Å². The van der Waals surface area contributed by atoms with Crippen molar-refractivity contribution in [3.8, 4) is 0 Å². The molecule has 0 saturated heterocycles. The lowest BCUT2D eigenvalue weighted by Gasteiger charge is -2.14. The van der Waals surface area contributed by atoms with E-state index in [1.54, 1.807) is 11.3 Å². The fourth-order valence-electron chi connectivity index (χ4n) is 1.92. The molecule has 0 N–H and O–H groups in total. The van der Waals surface area contributed by atoms with Crippen molar-refractivity contribution < 1.29 is 4.79 Å². The highest BCUT2D eigenvalue weighted by Gasteiger charge is 2.18. The summed E-state index contributed by atoms with van der Waals surface area (Å²) in [6.07, 6.45) is 1.91. The van der Waals surface area contributed by atoms with E-state index in [4.69, 9.17) is 0 Å². The molecule has 2 aromatic heterocycles. The van der Waals surface area contributed by atoms with E-state index >= 15 is 0 Å². The van der Waals surface area contributed by atoms with Crippen LogP contribution in [0.15, 0.2) is 5.38 Å². The van der Waals surface area contributed by atoms with Crippen LogP contribution in [-0.2, 0) is 6.54 Å². The van der Waals surface area contributed by atoms with Crippen LogP contribution in [0.2, 0.25) is 0 Å². The second-order valence-corrected chi connectivity index (χ2v) is 6.96. The molecule has 2 aromatic rings. The molecule has 0 aliphatic carbocycles. The minimum atomic E-state index is 0.315. The molecule has 20 heavy (non-hydrogen) atoms. The van der Waals surface area contributed by atoms with Crippen molar-refractivity contribution in [1.82, 2.24) is 9.97 Å². The molecule has 1 atom stereocenters. The third-order valence-corrected chi connectivity index (χ3v) is 5.18. The summed E-state index contributed by atoms with van der Waals surface area (Å²) in [5.41, 5.74) is 1.96. The molecule has 0 radical (unpaired) electrons. The van der Waals surface area contributed by atoms with E-state index in [0.29, 0.717) is 5.92 Å². The van der Waals surface area contributed by atoms with E-state index in [1.807, 2.05) is 14.0 Å². The van der Waals surface area contributed by atoms with Crippen LogP contribution in [0.4, 0.5) is 5.13 Å². The van der Waals surface area contributed by atoms with E-state index in [2.05, 4.69) is 34.1 Å². The number of carbonyl (C=O) groups excluding carboxylic acids is 1. The standard InChI is InChI=1S/C14H19N3OS2/c1-5-9(2)13-12(7-18)20-14(16-13)17(4)6-11-8-19-10(3)15-11/h7-9H,5-6H2,1-4H3. The van der Waals surface area contributed by atoms with Gasteiger partial charge >= 0.3 is 0 Å². The number of aldehydes is 1. The molecule has 0 aromatic carbocycles. The SMILES string of the molecule is CCC(C)c1nc(N(C)Cc2csc(C)n2)sc1C=O. The summed E-state index contributed by atoms with van der Waals surface area (Å²) in [4.78, 5) is 23.1. The van der Waals surface area contributed by atoms with Crippen LogP contribution in [0.1, 0.15) is 52.3 Å².